The molecule has 142 heavy (non-hydrogen) atoms. The molecule has 0 radical (unpaired) electrons. The van der Waals surface area contributed by atoms with Crippen molar-refractivity contribution in [2.45, 2.75) is 232 Å². The SMILES string of the molecule is Cc1cc(NC(=O)N[C@@H]2c3ccc(Br)cc3C(C)(C)C[C@H]2O)c(C2CCOCC2)nc1C(N)=O.Cc1cc(NC(=O)N[C@@H]2c3ccccc3C(C)(C)C[C@H]2O)c(C2CCOCC2)nc1Br.Cc1ccc(OC(=O)Nc2cc(C)c(-c3cnc(C)nc3)nc2C2CCOCC2)cc1.Cc1ccc(OC(=O)Nc2cc(C)c(Br)nc2C2CCOCC2)cc1.Cc1ncc(-c2nc(C3CCOCC3)c(N)cc2C)cn1. The average Bonchev–Trinajstić information content (AvgIpc) is 0.754. The Bertz CT molecular complexity index is 6270. The van der Waals surface area contributed by atoms with Gasteiger partial charge >= 0.3 is 24.2 Å². The summed E-state index contributed by atoms with van der Waals surface area (Å²) in [4.78, 5) is 104. The fourth-order valence-electron chi connectivity index (χ4n) is 19.1. The molecule has 31 nitrogen and oxygen atoms in total. The molecule has 12 N–H and O–H groups in total. The van der Waals surface area contributed by atoms with Gasteiger partial charge in [-0.1, -0.05) is 109 Å². The number of nitrogens with two attached hydrogens (primary N) is 2. The van der Waals surface area contributed by atoms with Crippen LogP contribution in [0.25, 0.3) is 22.5 Å². The largest absolute Gasteiger partial charge is 0.417 e. The Morgan fingerprint density at radius 1 is 0.394 bits per heavy atom. The number of nitrogen functional groups attached to an aromatic ring is 1. The standard InChI is InChI=1S/C25H31BrN4O4.C24H30BrN3O3.C24H26N4O3.C19H21BrN2O3.C16H20N4O/c1-13-10-18(21(29-20(13)23(27)32)14-6-8-34-9-7-14)28-24(33)30-22-16-5-4-15(26)11-17(16)25(2,3)12-19(22)31;1-14-12-18(20(27-22(14)25)15-8-10-31-11-9-15)26-23(30)28-21-16-6-4-5-7-17(16)24(2,3)13-19(21)29;1-15-4-6-20(7-5-15)31-24(29)27-21-12-16(2)22(19-13-25-17(3)26-14-19)28-23(21)18-8-10-30-11-9-18;1-12-3-5-15(6-4-12)25-19(23)21-16-11-13(2)18(20)22-17(16)14-7-9-24-10-8-14;1-10-7-14(17)16(12-3-5-21-6-4-12)20-15(10)13-8-18-11(2)19-9-13/h4-5,10-11,14,19,22,31H,6-9,12H2,1-3H3,(H2,27,32)(H2,28,30,33);4-7,12,15,19,21,29H,8-11,13H2,1-3H3,(H2,26,28,30);4-7,12-14,18H,8-11H2,1-3H3,(H,27,29);3-6,11,14H,7-10H2,1-2H3,(H,21,23);7-9,12H,3-6,17H2,1-2H3/t19-,22-;19-,21-;;;/m11.../s1. The highest BCUT2D eigenvalue weighted by Crippen LogP contribution is 2.47. The van der Waals surface area contributed by atoms with Crippen LogP contribution in [-0.4, -0.2) is 164 Å². The van der Waals surface area contributed by atoms with Crippen LogP contribution in [0.15, 0.2) is 160 Å². The number of aryl methyl sites for hydroxylation is 9. The molecule has 7 amide bonds. The van der Waals surface area contributed by atoms with E-state index in [0.29, 0.717) is 123 Å². The van der Waals surface area contributed by atoms with E-state index in [-0.39, 0.29) is 46.2 Å². The fourth-order valence-corrected chi connectivity index (χ4v) is 20.1. The van der Waals surface area contributed by atoms with Crippen molar-refractivity contribution in [2.24, 2.45) is 5.73 Å². The Labute approximate surface area is 854 Å². The number of anilines is 5. The predicted molar refractivity (Wildman–Crippen MR) is 558 cm³/mol. The summed E-state index contributed by atoms with van der Waals surface area (Å²) in [6, 6.07) is 36.4. The smallest absolute Gasteiger partial charge is 0.410 e. The van der Waals surface area contributed by atoms with Gasteiger partial charge in [-0.05, 0) is 299 Å². The van der Waals surface area contributed by atoms with Crippen molar-refractivity contribution in [3.05, 3.63) is 267 Å². The van der Waals surface area contributed by atoms with Gasteiger partial charge in [0, 0.05) is 136 Å². The first-order chi connectivity index (χ1) is 68.0. The van der Waals surface area contributed by atoms with Crippen molar-refractivity contribution < 1.29 is 67.3 Å². The summed E-state index contributed by atoms with van der Waals surface area (Å²) in [6.45, 7) is 32.7. The van der Waals surface area contributed by atoms with Crippen molar-refractivity contribution >= 4 is 106 Å². The molecule has 5 aliphatic heterocycles. The van der Waals surface area contributed by atoms with Crippen molar-refractivity contribution in [3.63, 3.8) is 0 Å². The number of ether oxygens (including phenoxy) is 7. The summed E-state index contributed by atoms with van der Waals surface area (Å²) in [7, 11) is 0. The number of aliphatic hydroxyl groups excluding tert-OH is 2. The molecule has 5 saturated heterocycles. The molecule has 18 rings (SSSR count). The number of aromatic nitrogens is 9. The van der Waals surface area contributed by atoms with E-state index in [2.05, 4.69) is 143 Å². The summed E-state index contributed by atoms with van der Waals surface area (Å²) in [5.74, 6) is 2.99. The van der Waals surface area contributed by atoms with Crippen LogP contribution in [0.5, 0.6) is 11.5 Å². The number of carbonyl (C=O) groups is 5. The summed E-state index contributed by atoms with van der Waals surface area (Å²) in [5.41, 5.74) is 33.5. The van der Waals surface area contributed by atoms with E-state index >= 15 is 0 Å². The number of nitrogens with one attached hydrogen (secondary N) is 6. The molecular weight excluding hydrogens is 2000 g/mol. The lowest BCUT2D eigenvalue weighted by Gasteiger charge is -2.40. The van der Waals surface area contributed by atoms with E-state index in [4.69, 9.17) is 59.6 Å². The maximum Gasteiger partial charge on any atom is 0.417 e. The lowest BCUT2D eigenvalue weighted by molar-refractivity contribution is 0.0844. The minimum absolute atomic E-state index is 0.0434. The number of carbonyl (C=O) groups excluding carboxylic acids is 5. The average molecular weight is 2130 g/mol. The Kier molecular flexibility index (Phi) is 36.3. The lowest BCUT2D eigenvalue weighted by atomic mass is 9.69. The first-order valence-electron chi connectivity index (χ1n) is 48.4. The molecule has 0 bridgehead atoms. The molecule has 750 valence electrons. The number of aliphatic hydroxyl groups is 2. The predicted octanol–water partition coefficient (Wildman–Crippen LogP) is 21.6. The monoisotopic (exact) mass is 2120 g/mol. The van der Waals surface area contributed by atoms with Gasteiger partial charge in [-0.2, -0.15) is 0 Å². The van der Waals surface area contributed by atoms with Gasteiger partial charge in [0.25, 0.3) is 5.91 Å². The van der Waals surface area contributed by atoms with Crippen molar-refractivity contribution in [1.29, 1.82) is 0 Å². The number of primary amides is 1. The molecule has 7 aromatic heterocycles. The van der Waals surface area contributed by atoms with Gasteiger partial charge in [0.05, 0.1) is 92.6 Å². The van der Waals surface area contributed by atoms with Crippen molar-refractivity contribution in [1.82, 2.24) is 55.5 Å². The van der Waals surface area contributed by atoms with Gasteiger partial charge < -0.3 is 76.1 Å². The third kappa shape index (κ3) is 27.6. The molecule has 0 unspecified atom stereocenters. The Morgan fingerprint density at radius 2 is 0.732 bits per heavy atom. The third-order valence-electron chi connectivity index (χ3n) is 26.8. The van der Waals surface area contributed by atoms with Crippen LogP contribution in [0.2, 0.25) is 0 Å². The van der Waals surface area contributed by atoms with Gasteiger partial charge in [-0.3, -0.25) is 15.4 Å². The number of halogens is 3. The minimum atomic E-state index is -0.735. The van der Waals surface area contributed by atoms with E-state index in [0.717, 1.165) is 204 Å². The van der Waals surface area contributed by atoms with E-state index in [1.807, 2.05) is 153 Å². The van der Waals surface area contributed by atoms with Crippen LogP contribution >= 0.6 is 47.8 Å². The molecule has 4 aromatic carbocycles. The maximum absolute atomic E-state index is 13.1. The molecule has 12 heterocycles. The zero-order chi connectivity index (χ0) is 101. The van der Waals surface area contributed by atoms with Crippen LogP contribution < -0.4 is 52.8 Å². The van der Waals surface area contributed by atoms with Gasteiger partial charge in [-0.25, -0.2) is 64.0 Å². The number of hydrogen-bond acceptors (Lipinski definition) is 24. The Morgan fingerprint density at radius 3 is 1.14 bits per heavy atom. The number of urea groups is 2. The molecular formula is C108H128Br3N17O14. The summed E-state index contributed by atoms with van der Waals surface area (Å²) < 4.78 is 40.7. The highest BCUT2D eigenvalue weighted by atomic mass is 79.9. The van der Waals surface area contributed by atoms with Crippen LogP contribution in [-0.2, 0) is 34.5 Å². The number of pyridine rings is 5. The quantitative estimate of drug-likeness (QED) is 0.0402. The molecule has 34 heteroatoms. The van der Waals surface area contributed by atoms with Crippen LogP contribution in [0.4, 0.5) is 47.6 Å². The van der Waals surface area contributed by atoms with Gasteiger partial charge in [0.1, 0.15) is 38.0 Å². The zero-order valence-corrected chi connectivity index (χ0v) is 87.5. The number of rotatable bonds is 16. The summed E-state index contributed by atoms with van der Waals surface area (Å²) >= 11 is 10.5. The van der Waals surface area contributed by atoms with Gasteiger partial charge in [-0.15, -0.1) is 0 Å². The number of nitrogens with zero attached hydrogens (tertiary/aromatic N) is 9. The molecule has 0 saturated carbocycles. The van der Waals surface area contributed by atoms with E-state index in [9.17, 15) is 34.2 Å². The van der Waals surface area contributed by atoms with Crippen LogP contribution in [0.3, 0.4) is 0 Å². The zero-order valence-electron chi connectivity index (χ0n) is 82.7. The van der Waals surface area contributed by atoms with Gasteiger partial charge in [0.15, 0.2) is 0 Å². The molecule has 2 aliphatic carbocycles. The molecule has 7 aliphatic rings. The van der Waals surface area contributed by atoms with Crippen LogP contribution in [0, 0.1) is 62.3 Å². The molecule has 4 atom stereocenters. The Balaban J connectivity index is 0.000000142. The van der Waals surface area contributed by atoms with Crippen molar-refractivity contribution in [2.75, 3.05) is 93.1 Å². The van der Waals surface area contributed by atoms with Crippen LogP contribution in [0.1, 0.15) is 258 Å². The fraction of sp³-hybridized carbons (Fsp3) is 0.426. The lowest BCUT2D eigenvalue weighted by Crippen LogP contribution is -2.45. The second-order valence-electron chi connectivity index (χ2n) is 38.6. The normalized spacial score (nSPS) is 18.5. The van der Waals surface area contributed by atoms with Crippen molar-refractivity contribution in [3.8, 4) is 34.0 Å². The van der Waals surface area contributed by atoms with Gasteiger partial charge in [0.2, 0.25) is 0 Å². The number of benzene rings is 4. The Hall–Kier alpha value is -11.7. The maximum atomic E-state index is 13.1. The number of fused-ring (bicyclic) bond motifs is 2. The van der Waals surface area contributed by atoms with E-state index in [1.165, 1.54) is 0 Å². The second-order valence-corrected chi connectivity index (χ2v) is 41.0. The topological polar surface area (TPSA) is 431 Å². The summed E-state index contributed by atoms with van der Waals surface area (Å²) in [5, 5.41) is 39.4. The second kappa shape index (κ2) is 48.6. The first-order valence-corrected chi connectivity index (χ1v) is 50.8. The van der Waals surface area contributed by atoms with E-state index in [1.54, 1.807) is 49.6 Å². The highest BCUT2D eigenvalue weighted by Gasteiger charge is 2.42. The first kappa shape index (κ1) is 106. The third-order valence-corrected chi connectivity index (χ3v) is 28.9. The molecule has 11 aromatic rings. The number of amides is 7. The summed E-state index contributed by atoms with van der Waals surface area (Å²) in [6.07, 6.45) is 14.5. The highest BCUT2D eigenvalue weighted by molar-refractivity contribution is 9.11. The minimum Gasteiger partial charge on any atom is -0.410 e. The number of hydrogen-bond donors (Lipinski definition) is 10. The van der Waals surface area contributed by atoms with E-state index < -0.39 is 48.4 Å². The molecule has 0 spiro atoms. The molecule has 5 fully saturated rings.